The summed E-state index contributed by atoms with van der Waals surface area (Å²) in [5.41, 5.74) is 0. The highest BCUT2D eigenvalue weighted by Gasteiger charge is 2.22. The largest absolute Gasteiger partial charge is 0.480 e. The fraction of sp³-hybridized carbons (Fsp3) is 0.750. The smallest absolute Gasteiger partial charge is 0.321 e. The Morgan fingerprint density at radius 1 is 1.60 bits per heavy atom. The van der Waals surface area contributed by atoms with Gasteiger partial charge in [0, 0.05) is 0 Å². The minimum atomic E-state index is -3.80. The van der Waals surface area contributed by atoms with Crippen molar-refractivity contribution in [3.05, 3.63) is 0 Å². The van der Waals surface area contributed by atoms with Gasteiger partial charge in [0.2, 0.25) is 10.0 Å². The Balaban J connectivity index is 4.42. The summed E-state index contributed by atoms with van der Waals surface area (Å²) in [6, 6.07) is 0.329. The zero-order valence-corrected chi connectivity index (χ0v) is 9.25. The molecule has 7 heteroatoms. The molecule has 0 aliphatic carbocycles. The van der Waals surface area contributed by atoms with Crippen LogP contribution in [0, 0.1) is 11.3 Å². The molecule has 15 heavy (non-hydrogen) atoms. The Morgan fingerprint density at radius 3 is 2.60 bits per heavy atom. The molecule has 0 saturated carbocycles. The van der Waals surface area contributed by atoms with Crippen LogP contribution >= 0.6 is 0 Å². The molecule has 0 bridgehead atoms. The van der Waals surface area contributed by atoms with Crippen molar-refractivity contribution in [3.63, 3.8) is 0 Å². The maximum absolute atomic E-state index is 11.1. The molecule has 0 aliphatic heterocycles. The van der Waals surface area contributed by atoms with Crippen molar-refractivity contribution >= 4 is 16.0 Å². The summed E-state index contributed by atoms with van der Waals surface area (Å²) in [5, 5.41) is 16.9. The van der Waals surface area contributed by atoms with Crippen LogP contribution in [0.1, 0.15) is 26.2 Å². The average molecular weight is 234 g/mol. The molecular formula is C8H14N2O4S. The Kier molecular flexibility index (Phi) is 5.89. The number of unbranched alkanes of at least 4 members (excludes halogenated alkanes) is 1. The predicted molar refractivity (Wildman–Crippen MR) is 53.5 cm³/mol. The van der Waals surface area contributed by atoms with Crippen molar-refractivity contribution in [3.8, 4) is 6.07 Å². The molecule has 0 rings (SSSR count). The zero-order chi connectivity index (χ0) is 11.9. The van der Waals surface area contributed by atoms with Gasteiger partial charge < -0.3 is 5.11 Å². The lowest BCUT2D eigenvalue weighted by Gasteiger charge is -2.12. The number of carbonyl (C=O) groups is 1. The quantitative estimate of drug-likeness (QED) is 0.648. The van der Waals surface area contributed by atoms with E-state index < -0.39 is 27.8 Å². The first-order chi connectivity index (χ1) is 6.93. The van der Waals surface area contributed by atoms with E-state index in [0.29, 0.717) is 6.42 Å². The maximum Gasteiger partial charge on any atom is 0.321 e. The number of carboxylic acids is 1. The summed E-state index contributed by atoms with van der Waals surface area (Å²) in [7, 11) is -3.80. The Morgan fingerprint density at radius 2 is 2.20 bits per heavy atom. The predicted octanol–water partition coefficient (Wildman–Crippen LogP) is 0.0728. The average Bonchev–Trinajstić information content (AvgIpc) is 2.11. The molecule has 0 saturated heterocycles. The van der Waals surface area contributed by atoms with Crippen LogP contribution in [0.2, 0.25) is 0 Å². The molecule has 0 aromatic rings. The summed E-state index contributed by atoms with van der Waals surface area (Å²) >= 11 is 0. The van der Waals surface area contributed by atoms with E-state index in [9.17, 15) is 13.2 Å². The minimum absolute atomic E-state index is 0.233. The first kappa shape index (κ1) is 13.9. The molecule has 1 atom stereocenters. The number of hydrogen-bond acceptors (Lipinski definition) is 4. The highest BCUT2D eigenvalue weighted by Crippen LogP contribution is 2.02. The van der Waals surface area contributed by atoms with Gasteiger partial charge in [-0.15, -0.1) is 0 Å². The SMILES string of the molecule is CCCCC(NS(=O)(=O)CC#N)C(=O)O. The fourth-order valence-electron chi connectivity index (χ4n) is 0.984. The lowest BCUT2D eigenvalue weighted by atomic mass is 10.1. The molecule has 6 nitrogen and oxygen atoms in total. The molecule has 0 spiro atoms. The molecule has 2 N–H and O–H groups in total. The Bertz CT molecular complexity index is 344. The van der Waals surface area contributed by atoms with Crippen LogP contribution in [0.3, 0.4) is 0 Å². The van der Waals surface area contributed by atoms with Crippen LogP contribution in [-0.4, -0.2) is 31.3 Å². The van der Waals surface area contributed by atoms with Gasteiger partial charge in [0.15, 0.2) is 5.75 Å². The summed E-state index contributed by atoms with van der Waals surface area (Å²) in [6.07, 6.45) is 1.63. The van der Waals surface area contributed by atoms with Crippen molar-refractivity contribution in [2.24, 2.45) is 0 Å². The molecule has 86 valence electrons. The Hall–Kier alpha value is -1.13. The van der Waals surface area contributed by atoms with Crippen molar-refractivity contribution in [1.82, 2.24) is 4.72 Å². The van der Waals surface area contributed by atoms with Crippen LogP contribution in [0.4, 0.5) is 0 Å². The van der Waals surface area contributed by atoms with Crippen LogP contribution in [0.5, 0.6) is 0 Å². The van der Waals surface area contributed by atoms with Crippen molar-refractivity contribution in [1.29, 1.82) is 5.26 Å². The van der Waals surface area contributed by atoms with E-state index in [1.807, 2.05) is 11.6 Å². The highest BCUT2D eigenvalue weighted by molar-refractivity contribution is 7.89. The molecule has 0 fully saturated rings. The van der Waals surface area contributed by atoms with Gasteiger partial charge in [-0.1, -0.05) is 19.8 Å². The van der Waals surface area contributed by atoms with Gasteiger partial charge in [-0.3, -0.25) is 4.79 Å². The fourth-order valence-corrected chi connectivity index (χ4v) is 1.89. The molecule has 0 heterocycles. The summed E-state index contributed by atoms with van der Waals surface area (Å²) < 4.78 is 24.2. The normalized spacial score (nSPS) is 13.1. The van der Waals surface area contributed by atoms with Gasteiger partial charge in [0.05, 0.1) is 6.07 Å². The number of nitrogens with zero attached hydrogens (tertiary/aromatic N) is 1. The van der Waals surface area contributed by atoms with Gasteiger partial charge in [0.1, 0.15) is 6.04 Å². The first-order valence-electron chi connectivity index (χ1n) is 4.52. The van der Waals surface area contributed by atoms with Crippen LogP contribution in [0.15, 0.2) is 0 Å². The van der Waals surface area contributed by atoms with E-state index in [4.69, 9.17) is 10.4 Å². The van der Waals surface area contributed by atoms with E-state index >= 15 is 0 Å². The second-order valence-corrected chi connectivity index (χ2v) is 4.82. The molecule has 0 aromatic heterocycles. The van der Waals surface area contributed by atoms with Gasteiger partial charge in [-0.05, 0) is 6.42 Å². The van der Waals surface area contributed by atoms with Crippen molar-refractivity contribution < 1.29 is 18.3 Å². The Labute approximate surface area is 89.0 Å². The van der Waals surface area contributed by atoms with Gasteiger partial charge in [0.25, 0.3) is 0 Å². The molecular weight excluding hydrogens is 220 g/mol. The minimum Gasteiger partial charge on any atom is -0.480 e. The first-order valence-corrected chi connectivity index (χ1v) is 6.18. The highest BCUT2D eigenvalue weighted by atomic mass is 32.2. The summed E-state index contributed by atoms with van der Waals surface area (Å²) in [5.74, 6) is -1.94. The number of carboxylic acid groups (broad SMARTS) is 1. The van der Waals surface area contributed by atoms with Gasteiger partial charge in [-0.2, -0.15) is 5.26 Å². The van der Waals surface area contributed by atoms with Crippen LogP contribution in [-0.2, 0) is 14.8 Å². The van der Waals surface area contributed by atoms with Crippen LogP contribution in [0.25, 0.3) is 0 Å². The molecule has 0 radical (unpaired) electrons. The molecule has 0 aliphatic rings. The van der Waals surface area contributed by atoms with E-state index in [1.165, 1.54) is 6.07 Å². The molecule has 0 amide bonds. The number of aliphatic carboxylic acids is 1. The van der Waals surface area contributed by atoms with Gasteiger partial charge >= 0.3 is 5.97 Å². The number of hydrogen-bond donors (Lipinski definition) is 2. The lowest BCUT2D eigenvalue weighted by Crippen LogP contribution is -2.41. The van der Waals surface area contributed by atoms with E-state index in [-0.39, 0.29) is 6.42 Å². The second-order valence-electron chi connectivity index (χ2n) is 3.07. The zero-order valence-electron chi connectivity index (χ0n) is 8.43. The lowest BCUT2D eigenvalue weighted by molar-refractivity contribution is -0.139. The second kappa shape index (κ2) is 6.37. The van der Waals surface area contributed by atoms with E-state index in [1.54, 1.807) is 0 Å². The summed E-state index contributed by atoms with van der Waals surface area (Å²) in [4.78, 5) is 10.7. The third-order valence-corrected chi connectivity index (χ3v) is 2.87. The van der Waals surface area contributed by atoms with Crippen molar-refractivity contribution in [2.45, 2.75) is 32.2 Å². The van der Waals surface area contributed by atoms with Crippen LogP contribution < -0.4 is 4.72 Å². The number of nitrogens with one attached hydrogen (secondary N) is 1. The third-order valence-electron chi connectivity index (χ3n) is 1.72. The number of rotatable bonds is 7. The topological polar surface area (TPSA) is 107 Å². The molecule has 0 aromatic carbocycles. The van der Waals surface area contributed by atoms with Gasteiger partial charge in [-0.25, -0.2) is 13.1 Å². The number of nitriles is 1. The summed E-state index contributed by atoms with van der Waals surface area (Å²) in [6.45, 7) is 1.88. The standard InChI is InChI=1S/C8H14N2O4S/c1-2-3-4-7(8(11)12)10-15(13,14)6-5-9/h7,10H,2-4,6H2,1H3,(H,11,12). The van der Waals surface area contributed by atoms with Crippen molar-refractivity contribution in [2.75, 3.05) is 5.75 Å². The molecule has 1 unspecified atom stereocenters. The van der Waals surface area contributed by atoms with E-state index in [2.05, 4.69) is 0 Å². The number of sulfonamides is 1. The third kappa shape index (κ3) is 6.04. The maximum atomic E-state index is 11.1. The monoisotopic (exact) mass is 234 g/mol. The van der Waals surface area contributed by atoms with E-state index in [0.717, 1.165) is 6.42 Å².